The molecule has 1 aromatic heterocycles. The largest absolute Gasteiger partial charge is 0.481 e. The van der Waals surface area contributed by atoms with Gasteiger partial charge in [0.2, 0.25) is 5.16 Å². The van der Waals surface area contributed by atoms with Gasteiger partial charge < -0.3 is 10.0 Å². The Morgan fingerprint density at radius 2 is 2.38 bits per heavy atom. The van der Waals surface area contributed by atoms with Gasteiger partial charge in [-0.05, 0) is 5.21 Å². The molecule has 0 radical (unpaired) electrons. The van der Waals surface area contributed by atoms with Crippen molar-refractivity contribution in [3.8, 4) is 0 Å². The van der Waals surface area contributed by atoms with E-state index >= 15 is 0 Å². The molecule has 9 nitrogen and oxygen atoms in total. The summed E-state index contributed by atoms with van der Waals surface area (Å²) in [5.74, 6) is -1.79. The van der Waals surface area contributed by atoms with Gasteiger partial charge in [0.1, 0.15) is 10.8 Å². The van der Waals surface area contributed by atoms with Gasteiger partial charge in [-0.1, -0.05) is 18.7 Å². The third-order valence-corrected chi connectivity index (χ3v) is 6.40. The molecule has 2 N–H and O–H groups in total. The molecule has 112 valence electrons. The topological polar surface area (TPSA) is 129 Å². The van der Waals surface area contributed by atoms with Crippen LogP contribution in [0, 0.1) is 5.41 Å². The Hall–Kier alpha value is -1.62. The number of tetrazole rings is 1. The minimum Gasteiger partial charge on any atom is -0.481 e. The molecule has 2 fully saturated rings. The first-order valence-electron chi connectivity index (χ1n) is 6.05. The maximum atomic E-state index is 11.8. The number of carbonyl (C=O) groups excluding carboxylic acids is 2. The molecule has 2 aliphatic rings. The SMILES string of the molecule is CC(Sc1nn[nH]n1)C1(C(=O)O)CS[C@@H]2C(=O)C(=O)N2C1. The van der Waals surface area contributed by atoms with Gasteiger partial charge in [-0.2, -0.15) is 5.21 Å². The van der Waals surface area contributed by atoms with E-state index in [9.17, 15) is 19.5 Å². The molecule has 1 amide bonds. The smallest absolute Gasteiger partial charge is 0.313 e. The molecular weight excluding hydrogens is 318 g/mol. The Morgan fingerprint density at radius 3 is 3.00 bits per heavy atom. The van der Waals surface area contributed by atoms with Crippen LogP contribution >= 0.6 is 23.5 Å². The molecule has 0 saturated carbocycles. The van der Waals surface area contributed by atoms with Crippen molar-refractivity contribution in [2.75, 3.05) is 12.3 Å². The summed E-state index contributed by atoms with van der Waals surface area (Å²) in [6.45, 7) is 1.78. The Morgan fingerprint density at radius 1 is 1.62 bits per heavy atom. The molecule has 3 heterocycles. The first kappa shape index (κ1) is 14.3. The van der Waals surface area contributed by atoms with Crippen molar-refractivity contribution in [2.45, 2.75) is 22.7 Å². The van der Waals surface area contributed by atoms with Crippen LogP contribution in [-0.4, -0.2) is 71.2 Å². The van der Waals surface area contributed by atoms with Gasteiger partial charge >= 0.3 is 5.97 Å². The van der Waals surface area contributed by atoms with E-state index in [0.717, 1.165) is 0 Å². The summed E-state index contributed by atoms with van der Waals surface area (Å²) >= 11 is 2.38. The minimum absolute atomic E-state index is 0.0244. The summed E-state index contributed by atoms with van der Waals surface area (Å²) in [6, 6.07) is 0. The third-order valence-electron chi connectivity index (χ3n) is 3.74. The summed E-state index contributed by atoms with van der Waals surface area (Å²) in [5, 5.41) is 22.4. The minimum atomic E-state index is -1.15. The van der Waals surface area contributed by atoms with Crippen molar-refractivity contribution >= 4 is 41.2 Å². The summed E-state index contributed by atoms with van der Waals surface area (Å²) in [6.07, 6.45) is 0. The summed E-state index contributed by atoms with van der Waals surface area (Å²) in [4.78, 5) is 36.1. The normalized spacial score (nSPS) is 29.8. The maximum Gasteiger partial charge on any atom is 0.313 e. The molecular formula is C10H11N5O4S2. The zero-order valence-corrected chi connectivity index (χ0v) is 12.5. The number of hydrogen-bond acceptors (Lipinski definition) is 8. The Bertz CT molecular complexity index is 609. The highest BCUT2D eigenvalue weighted by Gasteiger charge is 2.58. The molecule has 2 unspecified atom stereocenters. The number of carbonyl (C=O) groups is 3. The standard InChI is InChI=1S/C10H11N5O4S2/c1-4(21-9-11-13-14-12-9)10(8(18)19)2-15-6(17)5(16)7(15)20-3-10/h4,7H,2-3H2,1H3,(H,18,19)(H,11,12,13,14)/t4?,7-,10?/m1/s1. The molecule has 0 aromatic carbocycles. The van der Waals surface area contributed by atoms with E-state index in [1.54, 1.807) is 6.92 Å². The number of aliphatic carboxylic acids is 1. The molecule has 0 aliphatic carbocycles. The highest BCUT2D eigenvalue weighted by Crippen LogP contribution is 2.46. The predicted molar refractivity (Wildman–Crippen MR) is 72.5 cm³/mol. The zero-order valence-electron chi connectivity index (χ0n) is 10.8. The lowest BCUT2D eigenvalue weighted by Gasteiger charge is -2.49. The number of carboxylic acid groups (broad SMARTS) is 1. The van der Waals surface area contributed by atoms with E-state index in [1.807, 2.05) is 0 Å². The number of H-pyrrole nitrogens is 1. The number of aromatic nitrogens is 4. The summed E-state index contributed by atoms with van der Waals surface area (Å²) in [5.41, 5.74) is -1.15. The van der Waals surface area contributed by atoms with Crippen LogP contribution in [0.1, 0.15) is 6.92 Å². The average Bonchev–Trinajstić information content (AvgIpc) is 2.98. The van der Waals surface area contributed by atoms with Gasteiger partial charge in [0.25, 0.3) is 11.7 Å². The summed E-state index contributed by atoms with van der Waals surface area (Å²) in [7, 11) is 0. The first-order valence-corrected chi connectivity index (χ1v) is 7.98. The van der Waals surface area contributed by atoms with Crippen molar-refractivity contribution in [3.63, 3.8) is 0 Å². The fourth-order valence-corrected chi connectivity index (χ4v) is 4.96. The van der Waals surface area contributed by atoms with Crippen LogP contribution in [0.15, 0.2) is 5.16 Å². The Labute approximate surface area is 127 Å². The highest BCUT2D eigenvalue weighted by atomic mass is 32.2. The second kappa shape index (κ2) is 4.98. The fourth-order valence-electron chi connectivity index (χ4n) is 2.35. The van der Waals surface area contributed by atoms with Gasteiger partial charge in [-0.25, -0.2) is 0 Å². The lowest BCUT2D eigenvalue weighted by molar-refractivity contribution is -0.162. The number of β-lactam (4-membered cyclic amide) rings is 1. The zero-order chi connectivity index (χ0) is 15.2. The van der Waals surface area contributed by atoms with Crippen molar-refractivity contribution in [1.82, 2.24) is 25.5 Å². The second-order valence-corrected chi connectivity index (χ2v) is 7.25. The van der Waals surface area contributed by atoms with Gasteiger partial charge in [0.15, 0.2) is 0 Å². The number of amides is 1. The van der Waals surface area contributed by atoms with E-state index in [4.69, 9.17) is 0 Å². The van der Waals surface area contributed by atoms with Gasteiger partial charge in [0, 0.05) is 17.5 Å². The van der Waals surface area contributed by atoms with Crippen LogP contribution < -0.4 is 0 Å². The average molecular weight is 329 g/mol. The third kappa shape index (κ3) is 2.11. The number of carboxylic acids is 1. The number of hydrogen-bond donors (Lipinski definition) is 2. The number of Topliss-reactive ketones (excluding diaryl/α,β-unsaturated/α-hetero) is 1. The van der Waals surface area contributed by atoms with Crippen LogP contribution in [0.2, 0.25) is 0 Å². The predicted octanol–water partition coefficient (Wildman–Crippen LogP) is -0.764. The highest BCUT2D eigenvalue weighted by molar-refractivity contribution is 8.01. The van der Waals surface area contributed by atoms with Crippen molar-refractivity contribution in [2.24, 2.45) is 5.41 Å². The number of fused-ring (bicyclic) bond motifs is 1. The maximum absolute atomic E-state index is 11.8. The van der Waals surface area contributed by atoms with Crippen molar-refractivity contribution in [1.29, 1.82) is 0 Å². The number of thioether (sulfide) groups is 2. The Kier molecular flexibility index (Phi) is 3.40. The molecule has 0 bridgehead atoms. The van der Waals surface area contributed by atoms with E-state index < -0.39 is 28.4 Å². The molecule has 2 aliphatic heterocycles. The number of aromatic amines is 1. The van der Waals surface area contributed by atoms with Gasteiger partial charge in [-0.3, -0.25) is 14.4 Å². The number of ketones is 1. The first-order chi connectivity index (χ1) is 9.95. The van der Waals surface area contributed by atoms with Crippen LogP contribution in [0.25, 0.3) is 0 Å². The molecule has 2 saturated heterocycles. The van der Waals surface area contributed by atoms with Crippen molar-refractivity contribution in [3.05, 3.63) is 0 Å². The van der Waals surface area contributed by atoms with Crippen molar-refractivity contribution < 1.29 is 19.5 Å². The van der Waals surface area contributed by atoms with E-state index in [1.165, 1.54) is 28.4 Å². The number of nitrogens with zero attached hydrogens (tertiary/aromatic N) is 4. The lowest BCUT2D eigenvalue weighted by Crippen LogP contribution is -2.68. The lowest BCUT2D eigenvalue weighted by atomic mass is 9.84. The van der Waals surface area contributed by atoms with Crippen LogP contribution in [0.5, 0.6) is 0 Å². The monoisotopic (exact) mass is 329 g/mol. The van der Waals surface area contributed by atoms with Crippen LogP contribution in [-0.2, 0) is 14.4 Å². The van der Waals surface area contributed by atoms with Crippen LogP contribution in [0.4, 0.5) is 0 Å². The Balaban J connectivity index is 1.82. The molecule has 3 atom stereocenters. The molecule has 21 heavy (non-hydrogen) atoms. The van der Waals surface area contributed by atoms with E-state index in [0.29, 0.717) is 5.16 Å². The van der Waals surface area contributed by atoms with Gasteiger partial charge in [-0.15, -0.1) is 22.0 Å². The quantitative estimate of drug-likeness (QED) is 0.416. The number of nitrogens with one attached hydrogen (secondary N) is 1. The summed E-state index contributed by atoms with van der Waals surface area (Å²) < 4.78 is 0. The van der Waals surface area contributed by atoms with Crippen LogP contribution in [0.3, 0.4) is 0 Å². The molecule has 0 spiro atoms. The molecule has 1 aromatic rings. The number of rotatable bonds is 4. The van der Waals surface area contributed by atoms with E-state index in [-0.39, 0.29) is 17.5 Å². The second-order valence-electron chi connectivity index (χ2n) is 4.88. The molecule has 3 rings (SSSR count). The fraction of sp³-hybridized carbons (Fsp3) is 0.600. The van der Waals surface area contributed by atoms with Gasteiger partial charge in [0.05, 0.1) is 0 Å². The molecule has 11 heteroatoms. The van der Waals surface area contributed by atoms with E-state index in [2.05, 4.69) is 20.6 Å².